The normalized spacial score (nSPS) is 11.8. The highest BCUT2D eigenvalue weighted by atomic mass is 16.3. The highest BCUT2D eigenvalue weighted by Crippen LogP contribution is 2.54. The predicted octanol–water partition coefficient (Wildman–Crippen LogP) is 11.2. The summed E-state index contributed by atoms with van der Waals surface area (Å²) in [7, 11) is 0. The molecule has 0 spiro atoms. The fourth-order valence-corrected chi connectivity index (χ4v) is 7.22. The summed E-state index contributed by atoms with van der Waals surface area (Å²) < 4.78 is 6.52. The van der Waals surface area contributed by atoms with Gasteiger partial charge in [-0.25, -0.2) is 15.0 Å². The minimum absolute atomic E-state index is 0.651. The number of para-hydroxylation sites is 2. The van der Waals surface area contributed by atoms with E-state index in [-0.39, 0.29) is 0 Å². The van der Waals surface area contributed by atoms with Crippen LogP contribution in [0, 0.1) is 0 Å². The summed E-state index contributed by atoms with van der Waals surface area (Å²) in [5.41, 5.74) is 11.6. The van der Waals surface area contributed by atoms with E-state index in [1.165, 1.54) is 27.5 Å². The lowest BCUT2D eigenvalue weighted by Crippen LogP contribution is -2.01. The lowest BCUT2D eigenvalue weighted by molar-refractivity contribution is 0.670. The summed E-state index contributed by atoms with van der Waals surface area (Å²) in [4.78, 5) is 15.2. The van der Waals surface area contributed by atoms with E-state index in [4.69, 9.17) is 19.4 Å². The van der Waals surface area contributed by atoms with E-state index in [1.54, 1.807) is 0 Å². The second-order valence-electron chi connectivity index (χ2n) is 11.9. The summed E-state index contributed by atoms with van der Waals surface area (Å²) in [5.74, 6) is 1.96. The first kappa shape index (κ1) is 25.9. The minimum atomic E-state index is 0.651. The zero-order valence-electron chi connectivity index (χ0n) is 25.2. The highest BCUT2D eigenvalue weighted by Gasteiger charge is 2.29. The molecule has 0 N–H and O–H groups in total. The number of benzene rings is 7. The van der Waals surface area contributed by atoms with Crippen LogP contribution in [0.5, 0.6) is 0 Å². The molecular formula is C43H25N3O. The van der Waals surface area contributed by atoms with Crippen molar-refractivity contribution < 1.29 is 4.42 Å². The van der Waals surface area contributed by atoms with Gasteiger partial charge in [-0.15, -0.1) is 0 Å². The van der Waals surface area contributed by atoms with Gasteiger partial charge in [0.05, 0.1) is 0 Å². The van der Waals surface area contributed by atoms with E-state index < -0.39 is 0 Å². The van der Waals surface area contributed by atoms with Crippen molar-refractivity contribution in [1.29, 1.82) is 0 Å². The molecule has 2 aromatic heterocycles. The summed E-state index contributed by atoms with van der Waals surface area (Å²) in [6.45, 7) is 0. The number of rotatable bonds is 4. The standard InChI is InChI=1S/C43H25N3O/c1-3-12-27(13-4-1)41-44-42(28-14-5-2-6-15-28)46-43(45-41)35-25-24-26-16-9-21-33-37(26)39(35)34-22-10-18-30(38(33)34)32-20-11-19-31-29-17-7-8-23-36(29)47-40(31)32/h1-25H. The van der Waals surface area contributed by atoms with Gasteiger partial charge in [0.25, 0.3) is 0 Å². The second-order valence-corrected chi connectivity index (χ2v) is 11.9. The number of hydrogen-bond donors (Lipinski definition) is 0. The fourth-order valence-electron chi connectivity index (χ4n) is 7.22. The molecule has 0 saturated carbocycles. The first-order valence-corrected chi connectivity index (χ1v) is 15.8. The molecule has 4 nitrogen and oxygen atoms in total. The van der Waals surface area contributed by atoms with Crippen molar-refractivity contribution in [2.45, 2.75) is 0 Å². The van der Waals surface area contributed by atoms with Gasteiger partial charge in [0.2, 0.25) is 0 Å². The molecule has 0 bridgehead atoms. The van der Waals surface area contributed by atoms with Gasteiger partial charge in [-0.1, -0.05) is 140 Å². The molecule has 1 aliphatic carbocycles. The number of fused-ring (bicyclic) bond motifs is 6. The van der Waals surface area contributed by atoms with E-state index in [2.05, 4.69) is 78.9 Å². The van der Waals surface area contributed by atoms with Gasteiger partial charge in [0, 0.05) is 38.6 Å². The Labute approximate surface area is 270 Å². The lowest BCUT2D eigenvalue weighted by atomic mass is 9.92. The van der Waals surface area contributed by atoms with Crippen LogP contribution in [0.15, 0.2) is 156 Å². The van der Waals surface area contributed by atoms with Crippen molar-refractivity contribution >= 4 is 32.7 Å². The third-order valence-electron chi connectivity index (χ3n) is 9.28. The van der Waals surface area contributed by atoms with Crippen LogP contribution in [0.1, 0.15) is 0 Å². The molecule has 218 valence electrons. The molecule has 0 unspecified atom stereocenters. The Kier molecular flexibility index (Phi) is 5.54. The Morgan fingerprint density at radius 3 is 1.74 bits per heavy atom. The van der Waals surface area contributed by atoms with Crippen molar-refractivity contribution in [3.05, 3.63) is 152 Å². The molecule has 0 aliphatic heterocycles. The van der Waals surface area contributed by atoms with Gasteiger partial charge in [-0.2, -0.15) is 0 Å². The van der Waals surface area contributed by atoms with Crippen molar-refractivity contribution in [2.75, 3.05) is 0 Å². The van der Waals surface area contributed by atoms with Gasteiger partial charge in [0.1, 0.15) is 11.2 Å². The first-order valence-electron chi connectivity index (χ1n) is 15.8. The van der Waals surface area contributed by atoms with Crippen LogP contribution in [-0.4, -0.2) is 15.0 Å². The molecule has 1 aliphatic rings. The molecule has 0 amide bonds. The van der Waals surface area contributed by atoms with Crippen molar-refractivity contribution in [3.8, 4) is 67.5 Å². The Bertz CT molecular complexity index is 2620. The van der Waals surface area contributed by atoms with Crippen LogP contribution in [-0.2, 0) is 0 Å². The minimum Gasteiger partial charge on any atom is -0.455 e. The molecule has 0 radical (unpaired) electrons. The Balaban J connectivity index is 1.25. The number of furan rings is 1. The maximum absolute atomic E-state index is 6.52. The van der Waals surface area contributed by atoms with E-state index in [9.17, 15) is 0 Å². The summed E-state index contributed by atoms with van der Waals surface area (Å²) >= 11 is 0. The molecule has 0 atom stereocenters. The van der Waals surface area contributed by atoms with Crippen LogP contribution >= 0.6 is 0 Å². The van der Waals surface area contributed by atoms with Crippen LogP contribution < -0.4 is 0 Å². The van der Waals surface area contributed by atoms with Crippen LogP contribution in [0.3, 0.4) is 0 Å². The molecular weight excluding hydrogens is 574 g/mol. The summed E-state index contributed by atoms with van der Waals surface area (Å²) in [6, 6.07) is 52.5. The quantitative estimate of drug-likeness (QED) is 0.202. The van der Waals surface area contributed by atoms with Crippen molar-refractivity contribution in [1.82, 2.24) is 15.0 Å². The van der Waals surface area contributed by atoms with Crippen LogP contribution in [0.2, 0.25) is 0 Å². The molecule has 7 aromatic carbocycles. The zero-order chi connectivity index (χ0) is 30.9. The van der Waals surface area contributed by atoms with E-state index in [1.807, 2.05) is 72.8 Å². The Morgan fingerprint density at radius 1 is 0.362 bits per heavy atom. The van der Waals surface area contributed by atoms with Gasteiger partial charge in [0.15, 0.2) is 17.5 Å². The Morgan fingerprint density at radius 2 is 0.957 bits per heavy atom. The highest BCUT2D eigenvalue weighted by molar-refractivity contribution is 6.22. The number of hydrogen-bond acceptors (Lipinski definition) is 4. The summed E-state index contributed by atoms with van der Waals surface area (Å²) in [6.07, 6.45) is 0. The molecule has 10 rings (SSSR count). The average molecular weight is 600 g/mol. The molecule has 0 saturated heterocycles. The number of aromatic nitrogens is 3. The maximum atomic E-state index is 6.52. The van der Waals surface area contributed by atoms with E-state index in [0.29, 0.717) is 17.5 Å². The van der Waals surface area contributed by atoms with Crippen LogP contribution in [0.25, 0.3) is 100 Å². The number of nitrogens with zero attached hydrogens (tertiary/aromatic N) is 3. The van der Waals surface area contributed by atoms with Crippen molar-refractivity contribution in [3.63, 3.8) is 0 Å². The largest absolute Gasteiger partial charge is 0.455 e. The monoisotopic (exact) mass is 599 g/mol. The Hall–Kier alpha value is -6.39. The van der Waals surface area contributed by atoms with Gasteiger partial charge >= 0.3 is 0 Å². The van der Waals surface area contributed by atoms with Gasteiger partial charge < -0.3 is 4.42 Å². The molecule has 4 heteroatoms. The van der Waals surface area contributed by atoms with E-state index >= 15 is 0 Å². The SMILES string of the molecule is c1ccc(-c2nc(-c3ccccc3)nc(-c3ccc4cccc5c4c3-c3cccc(-c4cccc6c4oc4ccccc46)c3-5)n2)cc1. The smallest absolute Gasteiger partial charge is 0.164 e. The van der Waals surface area contributed by atoms with Crippen molar-refractivity contribution in [2.24, 2.45) is 0 Å². The van der Waals surface area contributed by atoms with E-state index in [0.717, 1.165) is 55.3 Å². The third kappa shape index (κ3) is 3.92. The molecule has 2 heterocycles. The fraction of sp³-hybridized carbons (Fsp3) is 0. The molecule has 47 heavy (non-hydrogen) atoms. The first-order chi connectivity index (χ1) is 23.3. The average Bonchev–Trinajstić information content (AvgIpc) is 3.70. The summed E-state index contributed by atoms with van der Waals surface area (Å²) in [5, 5.41) is 4.65. The molecule has 9 aromatic rings. The zero-order valence-corrected chi connectivity index (χ0v) is 25.2. The topological polar surface area (TPSA) is 51.8 Å². The van der Waals surface area contributed by atoms with Gasteiger partial charge in [-0.3, -0.25) is 0 Å². The van der Waals surface area contributed by atoms with Gasteiger partial charge in [-0.05, 0) is 45.2 Å². The second kappa shape index (κ2) is 10.1. The lowest BCUT2D eigenvalue weighted by Gasteiger charge is -2.13. The maximum Gasteiger partial charge on any atom is 0.164 e. The predicted molar refractivity (Wildman–Crippen MR) is 191 cm³/mol. The molecule has 0 fully saturated rings. The van der Waals surface area contributed by atoms with Crippen LogP contribution in [0.4, 0.5) is 0 Å². The third-order valence-corrected chi connectivity index (χ3v) is 9.28.